The Bertz CT molecular complexity index is 989. The molecule has 0 saturated carbocycles. The van der Waals surface area contributed by atoms with Crippen LogP contribution in [0.4, 0.5) is 0 Å². The van der Waals surface area contributed by atoms with Gasteiger partial charge in [0.25, 0.3) is 0 Å². The highest BCUT2D eigenvalue weighted by Gasteiger charge is 2.11. The van der Waals surface area contributed by atoms with Crippen molar-refractivity contribution in [1.82, 2.24) is 9.55 Å². The molecule has 3 aromatic rings. The fourth-order valence-electron chi connectivity index (χ4n) is 3.20. The molecule has 1 aromatic carbocycles. The van der Waals surface area contributed by atoms with E-state index in [-0.39, 0.29) is 0 Å². The monoisotopic (exact) mass is 355 g/mol. The Hall–Kier alpha value is -3.12. The Kier molecular flexibility index (Phi) is 5.88. The third kappa shape index (κ3) is 4.35. The van der Waals surface area contributed by atoms with Gasteiger partial charge in [0.05, 0.1) is 5.56 Å². The number of hydrogen-bond acceptors (Lipinski definition) is 2. The molecule has 0 bridgehead atoms. The second kappa shape index (κ2) is 8.51. The summed E-state index contributed by atoms with van der Waals surface area (Å²) in [5, 5.41) is 9.63. The molecule has 2 heterocycles. The molecule has 0 aliphatic carbocycles. The summed E-state index contributed by atoms with van der Waals surface area (Å²) in [4.78, 5) is 4.45. The van der Waals surface area contributed by atoms with Crippen LogP contribution in [-0.2, 0) is 6.42 Å². The van der Waals surface area contributed by atoms with Crippen molar-refractivity contribution in [3.8, 4) is 23.0 Å². The number of aryl methyl sites for hydroxylation is 1. The average molecular weight is 355 g/mol. The Labute approximate surface area is 161 Å². The molecule has 0 N–H and O–H groups in total. The molecule has 0 atom stereocenters. The third-order valence-corrected chi connectivity index (χ3v) is 4.76. The molecule has 0 radical (unpaired) electrons. The van der Waals surface area contributed by atoms with Crippen LogP contribution in [0.3, 0.4) is 0 Å². The molecular weight excluding hydrogens is 330 g/mol. The number of pyridine rings is 1. The summed E-state index contributed by atoms with van der Waals surface area (Å²) in [5.74, 6) is 0.789. The smallest absolute Gasteiger partial charge is 0.137 e. The van der Waals surface area contributed by atoms with E-state index in [4.69, 9.17) is 0 Å². The number of nitriles is 1. The van der Waals surface area contributed by atoms with Gasteiger partial charge in [0.2, 0.25) is 0 Å². The standard InChI is InChI=1S/C24H25N3/c1-4-5-6-8-19-9-7-10-21(13-19)23-17-27(16-22(23)15-25)24-14-20(18(2)3)11-12-26-24/h7,9-14,16-17H,2,4-6,8H2,1,3H3. The van der Waals surface area contributed by atoms with Gasteiger partial charge in [-0.1, -0.05) is 56.2 Å². The second-order valence-electron chi connectivity index (χ2n) is 6.95. The lowest BCUT2D eigenvalue weighted by Gasteiger charge is -2.06. The van der Waals surface area contributed by atoms with Gasteiger partial charge in [-0.3, -0.25) is 0 Å². The molecule has 27 heavy (non-hydrogen) atoms. The minimum atomic E-state index is 0.656. The van der Waals surface area contributed by atoms with Gasteiger partial charge >= 0.3 is 0 Å². The van der Waals surface area contributed by atoms with Crippen LogP contribution in [-0.4, -0.2) is 9.55 Å². The van der Waals surface area contributed by atoms with Crippen molar-refractivity contribution >= 4 is 5.57 Å². The maximum absolute atomic E-state index is 9.63. The van der Waals surface area contributed by atoms with E-state index in [0.29, 0.717) is 5.56 Å². The SMILES string of the molecule is C=C(C)c1ccnc(-n2cc(C#N)c(-c3cccc(CCCCC)c3)c2)c1. The van der Waals surface area contributed by atoms with Crippen LogP contribution in [0.25, 0.3) is 22.5 Å². The van der Waals surface area contributed by atoms with Gasteiger partial charge in [-0.25, -0.2) is 4.98 Å². The van der Waals surface area contributed by atoms with Crippen LogP contribution in [0, 0.1) is 11.3 Å². The predicted molar refractivity (Wildman–Crippen MR) is 112 cm³/mol. The number of hydrogen-bond donors (Lipinski definition) is 0. The zero-order chi connectivity index (χ0) is 19.2. The van der Waals surface area contributed by atoms with Crippen molar-refractivity contribution in [2.45, 2.75) is 39.5 Å². The van der Waals surface area contributed by atoms with Crippen molar-refractivity contribution in [3.63, 3.8) is 0 Å². The number of rotatable bonds is 7. The highest BCUT2D eigenvalue weighted by Crippen LogP contribution is 2.27. The maximum Gasteiger partial charge on any atom is 0.137 e. The summed E-state index contributed by atoms with van der Waals surface area (Å²) < 4.78 is 1.92. The minimum absolute atomic E-state index is 0.656. The van der Waals surface area contributed by atoms with Gasteiger partial charge < -0.3 is 4.57 Å². The summed E-state index contributed by atoms with van der Waals surface area (Å²) in [5.41, 5.74) is 6.04. The van der Waals surface area contributed by atoms with E-state index in [1.807, 2.05) is 36.0 Å². The molecule has 2 aromatic heterocycles. The largest absolute Gasteiger partial charge is 0.307 e. The van der Waals surface area contributed by atoms with Crippen molar-refractivity contribution in [2.24, 2.45) is 0 Å². The van der Waals surface area contributed by atoms with Gasteiger partial charge in [-0.05, 0) is 48.6 Å². The molecule has 3 nitrogen and oxygen atoms in total. The molecule has 0 unspecified atom stereocenters. The third-order valence-electron chi connectivity index (χ3n) is 4.76. The predicted octanol–water partition coefficient (Wildman–Crippen LogP) is 6.18. The second-order valence-corrected chi connectivity index (χ2v) is 6.95. The van der Waals surface area contributed by atoms with Gasteiger partial charge in [0.1, 0.15) is 11.9 Å². The first-order valence-corrected chi connectivity index (χ1v) is 9.46. The van der Waals surface area contributed by atoms with Gasteiger partial charge in [-0.15, -0.1) is 0 Å². The van der Waals surface area contributed by atoms with E-state index in [1.54, 1.807) is 6.20 Å². The topological polar surface area (TPSA) is 41.6 Å². The van der Waals surface area contributed by atoms with Crippen LogP contribution in [0.2, 0.25) is 0 Å². The lowest BCUT2D eigenvalue weighted by atomic mass is 10.00. The van der Waals surface area contributed by atoms with Crippen LogP contribution < -0.4 is 0 Å². The quantitative estimate of drug-likeness (QED) is 0.475. The van der Waals surface area contributed by atoms with Gasteiger partial charge in [0.15, 0.2) is 0 Å². The molecule has 0 amide bonds. The number of aromatic nitrogens is 2. The van der Waals surface area contributed by atoms with E-state index in [2.05, 4.69) is 48.8 Å². The summed E-state index contributed by atoms with van der Waals surface area (Å²) in [6.07, 6.45) is 10.4. The highest BCUT2D eigenvalue weighted by molar-refractivity contribution is 5.71. The lowest BCUT2D eigenvalue weighted by molar-refractivity contribution is 0.717. The average Bonchev–Trinajstić information content (AvgIpc) is 3.13. The molecule has 0 fully saturated rings. The molecule has 0 spiro atoms. The normalized spacial score (nSPS) is 10.6. The minimum Gasteiger partial charge on any atom is -0.307 e. The van der Waals surface area contributed by atoms with Crippen LogP contribution >= 0.6 is 0 Å². The number of benzene rings is 1. The lowest BCUT2D eigenvalue weighted by Crippen LogP contribution is -1.95. The number of nitrogens with zero attached hydrogens (tertiary/aromatic N) is 3. The van der Waals surface area contributed by atoms with E-state index in [1.165, 1.54) is 24.8 Å². The molecule has 136 valence electrons. The van der Waals surface area contributed by atoms with Crippen molar-refractivity contribution in [1.29, 1.82) is 5.26 Å². The van der Waals surface area contributed by atoms with E-state index in [0.717, 1.165) is 34.5 Å². The van der Waals surface area contributed by atoms with Crippen LogP contribution in [0.1, 0.15) is 49.8 Å². The number of allylic oxidation sites excluding steroid dienone is 1. The summed E-state index contributed by atoms with van der Waals surface area (Å²) in [6.45, 7) is 8.19. The van der Waals surface area contributed by atoms with E-state index >= 15 is 0 Å². The first-order valence-electron chi connectivity index (χ1n) is 9.46. The Morgan fingerprint density at radius 3 is 2.78 bits per heavy atom. The van der Waals surface area contributed by atoms with Crippen molar-refractivity contribution in [2.75, 3.05) is 0 Å². The zero-order valence-electron chi connectivity index (χ0n) is 16.1. The highest BCUT2D eigenvalue weighted by atomic mass is 15.0. The molecule has 0 aliphatic heterocycles. The van der Waals surface area contributed by atoms with Crippen LogP contribution in [0.15, 0.2) is 61.6 Å². The van der Waals surface area contributed by atoms with Gasteiger partial charge in [0, 0.05) is 24.2 Å². The van der Waals surface area contributed by atoms with E-state index < -0.39 is 0 Å². The Balaban J connectivity index is 1.96. The summed E-state index contributed by atoms with van der Waals surface area (Å²) in [6, 6.07) is 14.8. The Morgan fingerprint density at radius 2 is 2.04 bits per heavy atom. The van der Waals surface area contributed by atoms with Crippen molar-refractivity contribution in [3.05, 3.63) is 78.3 Å². The number of unbranched alkanes of at least 4 members (excludes halogenated alkanes) is 2. The Morgan fingerprint density at radius 1 is 1.19 bits per heavy atom. The molecule has 3 rings (SSSR count). The summed E-state index contributed by atoms with van der Waals surface area (Å²) in [7, 11) is 0. The molecule has 0 aliphatic rings. The van der Waals surface area contributed by atoms with Crippen molar-refractivity contribution < 1.29 is 0 Å². The zero-order valence-corrected chi connectivity index (χ0v) is 16.1. The first-order chi connectivity index (χ1) is 13.1. The maximum atomic E-state index is 9.63. The van der Waals surface area contributed by atoms with Gasteiger partial charge in [-0.2, -0.15) is 5.26 Å². The summed E-state index contributed by atoms with van der Waals surface area (Å²) >= 11 is 0. The van der Waals surface area contributed by atoms with E-state index in [9.17, 15) is 5.26 Å². The molecule has 0 saturated heterocycles. The van der Waals surface area contributed by atoms with Crippen LogP contribution in [0.5, 0.6) is 0 Å². The fourth-order valence-corrected chi connectivity index (χ4v) is 3.20. The fraction of sp³-hybridized carbons (Fsp3) is 0.250. The molecular formula is C24H25N3. The first kappa shape index (κ1) is 18.7. The molecule has 3 heteroatoms.